The van der Waals surface area contributed by atoms with E-state index in [-0.39, 0.29) is 12.5 Å². The van der Waals surface area contributed by atoms with Gasteiger partial charge in [-0.15, -0.1) is 0 Å². The van der Waals surface area contributed by atoms with Crippen molar-refractivity contribution in [2.75, 3.05) is 11.9 Å². The summed E-state index contributed by atoms with van der Waals surface area (Å²) in [6.45, 7) is 1.75. The van der Waals surface area contributed by atoms with Crippen molar-refractivity contribution in [3.8, 4) is 0 Å². The predicted octanol–water partition coefficient (Wildman–Crippen LogP) is 4.64. The SMILES string of the molecule is CCc1ccc(NC(=O)COC(=O)c2ccccc2Cc2ccccc2)cc1. The van der Waals surface area contributed by atoms with Crippen LogP contribution in [0.15, 0.2) is 78.9 Å². The Kier molecular flexibility index (Phi) is 6.58. The second-order valence-corrected chi connectivity index (χ2v) is 6.49. The fourth-order valence-corrected chi connectivity index (χ4v) is 2.92. The maximum Gasteiger partial charge on any atom is 0.338 e. The highest BCUT2D eigenvalue weighted by Gasteiger charge is 2.14. The molecule has 1 amide bonds. The fourth-order valence-electron chi connectivity index (χ4n) is 2.92. The van der Waals surface area contributed by atoms with E-state index in [1.54, 1.807) is 12.1 Å². The number of aryl methyl sites for hydroxylation is 1. The van der Waals surface area contributed by atoms with Gasteiger partial charge in [-0.1, -0.05) is 67.6 Å². The minimum absolute atomic E-state index is 0.325. The molecule has 28 heavy (non-hydrogen) atoms. The molecular weight excluding hydrogens is 350 g/mol. The molecule has 0 spiro atoms. The van der Waals surface area contributed by atoms with Crippen LogP contribution in [-0.4, -0.2) is 18.5 Å². The lowest BCUT2D eigenvalue weighted by molar-refractivity contribution is -0.119. The van der Waals surface area contributed by atoms with Gasteiger partial charge in [-0.05, 0) is 47.7 Å². The molecule has 0 saturated heterocycles. The molecule has 0 aliphatic carbocycles. The molecule has 0 saturated carbocycles. The Morgan fingerprint density at radius 3 is 2.21 bits per heavy atom. The van der Waals surface area contributed by atoms with Crippen LogP contribution in [-0.2, 0) is 22.4 Å². The van der Waals surface area contributed by atoms with Crippen LogP contribution < -0.4 is 5.32 Å². The standard InChI is InChI=1S/C24H23NO3/c1-2-18-12-14-21(15-13-18)25-23(26)17-28-24(27)22-11-7-6-10-20(22)16-19-8-4-3-5-9-19/h3-15H,2,16-17H2,1H3,(H,25,26). The number of nitrogens with one attached hydrogen (secondary N) is 1. The molecule has 3 aromatic carbocycles. The molecule has 1 N–H and O–H groups in total. The molecule has 0 heterocycles. The first-order valence-corrected chi connectivity index (χ1v) is 9.33. The number of amides is 1. The summed E-state index contributed by atoms with van der Waals surface area (Å²) in [6.07, 6.45) is 1.57. The third kappa shape index (κ3) is 5.30. The average molecular weight is 373 g/mol. The molecule has 0 fully saturated rings. The highest BCUT2D eigenvalue weighted by atomic mass is 16.5. The number of hydrogen-bond donors (Lipinski definition) is 1. The maximum atomic E-state index is 12.5. The Morgan fingerprint density at radius 2 is 1.50 bits per heavy atom. The minimum Gasteiger partial charge on any atom is -0.452 e. The Bertz CT molecular complexity index is 934. The molecule has 4 nitrogen and oxygen atoms in total. The van der Waals surface area contributed by atoms with Crippen LogP contribution in [0.5, 0.6) is 0 Å². The van der Waals surface area contributed by atoms with Crippen LogP contribution in [0.25, 0.3) is 0 Å². The van der Waals surface area contributed by atoms with Crippen molar-refractivity contribution < 1.29 is 14.3 Å². The van der Waals surface area contributed by atoms with Gasteiger partial charge < -0.3 is 10.1 Å². The van der Waals surface area contributed by atoms with Gasteiger partial charge in [-0.3, -0.25) is 4.79 Å². The van der Waals surface area contributed by atoms with E-state index >= 15 is 0 Å². The zero-order valence-corrected chi connectivity index (χ0v) is 15.9. The van der Waals surface area contributed by atoms with E-state index in [9.17, 15) is 9.59 Å². The maximum absolute atomic E-state index is 12.5. The summed E-state index contributed by atoms with van der Waals surface area (Å²) in [5.74, 6) is -0.860. The Hall–Kier alpha value is -3.40. The van der Waals surface area contributed by atoms with Crippen molar-refractivity contribution in [3.05, 3.63) is 101 Å². The van der Waals surface area contributed by atoms with Gasteiger partial charge >= 0.3 is 5.97 Å². The summed E-state index contributed by atoms with van der Waals surface area (Å²) in [7, 11) is 0. The Balaban J connectivity index is 1.59. The van der Waals surface area contributed by atoms with Crippen LogP contribution in [0, 0.1) is 0 Å². The first-order chi connectivity index (χ1) is 13.7. The van der Waals surface area contributed by atoms with Crippen LogP contribution in [0.2, 0.25) is 0 Å². The number of carbonyl (C=O) groups excluding carboxylic acids is 2. The van der Waals surface area contributed by atoms with Crippen molar-refractivity contribution >= 4 is 17.6 Å². The average Bonchev–Trinajstić information content (AvgIpc) is 2.74. The Morgan fingerprint density at radius 1 is 0.821 bits per heavy atom. The number of ether oxygens (including phenoxy) is 1. The molecule has 0 aliphatic heterocycles. The van der Waals surface area contributed by atoms with Gasteiger partial charge in [0.15, 0.2) is 6.61 Å². The molecule has 0 aromatic heterocycles. The number of carbonyl (C=O) groups is 2. The van der Waals surface area contributed by atoms with Crippen LogP contribution in [0.4, 0.5) is 5.69 Å². The van der Waals surface area contributed by atoms with E-state index in [0.717, 1.165) is 17.5 Å². The summed E-state index contributed by atoms with van der Waals surface area (Å²) in [5.41, 5.74) is 4.33. The summed E-state index contributed by atoms with van der Waals surface area (Å²) in [5, 5.41) is 2.74. The monoisotopic (exact) mass is 373 g/mol. The van der Waals surface area contributed by atoms with Crippen molar-refractivity contribution in [2.24, 2.45) is 0 Å². The molecule has 0 aliphatic rings. The van der Waals surface area contributed by atoms with E-state index in [1.807, 2.05) is 66.7 Å². The summed E-state index contributed by atoms with van der Waals surface area (Å²) in [4.78, 5) is 24.6. The first kappa shape index (κ1) is 19.4. The second kappa shape index (κ2) is 9.51. The van der Waals surface area contributed by atoms with Crippen molar-refractivity contribution in [1.82, 2.24) is 0 Å². The van der Waals surface area contributed by atoms with Gasteiger partial charge in [-0.25, -0.2) is 4.79 Å². The van der Waals surface area contributed by atoms with Crippen molar-refractivity contribution in [3.63, 3.8) is 0 Å². The number of rotatable bonds is 7. The van der Waals surface area contributed by atoms with E-state index in [1.165, 1.54) is 5.56 Å². The van der Waals surface area contributed by atoms with Gasteiger partial charge in [0.05, 0.1) is 5.56 Å². The highest BCUT2D eigenvalue weighted by molar-refractivity contribution is 5.96. The van der Waals surface area contributed by atoms with E-state index < -0.39 is 5.97 Å². The topological polar surface area (TPSA) is 55.4 Å². The molecule has 0 bridgehead atoms. The van der Waals surface area contributed by atoms with Crippen molar-refractivity contribution in [2.45, 2.75) is 19.8 Å². The first-order valence-electron chi connectivity index (χ1n) is 9.33. The molecule has 142 valence electrons. The summed E-state index contributed by atoms with van der Waals surface area (Å²) < 4.78 is 5.23. The number of anilines is 1. The number of benzene rings is 3. The van der Waals surface area contributed by atoms with Gasteiger partial charge in [0.25, 0.3) is 5.91 Å². The quantitative estimate of drug-likeness (QED) is 0.614. The second-order valence-electron chi connectivity index (χ2n) is 6.49. The smallest absolute Gasteiger partial charge is 0.338 e. The summed E-state index contributed by atoms with van der Waals surface area (Å²) >= 11 is 0. The Labute approximate surface area is 165 Å². The van der Waals surface area contributed by atoms with Gasteiger partial charge in [-0.2, -0.15) is 0 Å². The van der Waals surface area contributed by atoms with Crippen LogP contribution in [0.3, 0.4) is 0 Å². The lowest BCUT2D eigenvalue weighted by Gasteiger charge is -2.10. The molecule has 0 atom stereocenters. The molecular formula is C24H23NO3. The third-order valence-corrected chi connectivity index (χ3v) is 4.45. The van der Waals surface area contributed by atoms with Crippen LogP contribution >= 0.6 is 0 Å². The lowest BCUT2D eigenvalue weighted by Crippen LogP contribution is -2.21. The van der Waals surface area contributed by atoms with E-state index in [0.29, 0.717) is 17.7 Å². The molecule has 4 heteroatoms. The van der Waals surface area contributed by atoms with Crippen molar-refractivity contribution in [1.29, 1.82) is 0 Å². The van der Waals surface area contributed by atoms with Gasteiger partial charge in [0.2, 0.25) is 0 Å². The fraction of sp³-hybridized carbons (Fsp3) is 0.167. The molecule has 3 rings (SSSR count). The van der Waals surface area contributed by atoms with E-state index in [4.69, 9.17) is 4.74 Å². The zero-order valence-electron chi connectivity index (χ0n) is 15.9. The third-order valence-electron chi connectivity index (χ3n) is 4.45. The molecule has 3 aromatic rings. The number of esters is 1. The predicted molar refractivity (Wildman–Crippen MR) is 110 cm³/mol. The van der Waals surface area contributed by atoms with Gasteiger partial charge in [0.1, 0.15) is 0 Å². The normalized spacial score (nSPS) is 10.3. The van der Waals surface area contributed by atoms with E-state index in [2.05, 4.69) is 12.2 Å². The largest absolute Gasteiger partial charge is 0.452 e. The number of hydrogen-bond acceptors (Lipinski definition) is 3. The molecule has 0 unspecified atom stereocenters. The zero-order chi connectivity index (χ0) is 19.8. The van der Waals surface area contributed by atoms with Crippen LogP contribution in [0.1, 0.15) is 34.0 Å². The summed E-state index contributed by atoms with van der Waals surface area (Å²) in [6, 6.07) is 24.8. The minimum atomic E-state index is -0.497. The molecule has 0 radical (unpaired) electrons. The van der Waals surface area contributed by atoms with Gasteiger partial charge in [0, 0.05) is 5.69 Å². The lowest BCUT2D eigenvalue weighted by atomic mass is 10.00. The highest BCUT2D eigenvalue weighted by Crippen LogP contribution is 2.16.